The number of hydrogen-bond donors (Lipinski definition) is 4. The first-order chi connectivity index (χ1) is 36.7. The molecule has 0 aromatic heterocycles. The molecule has 6 heteroatoms. The maximum Gasteiger partial charge on any atom is 0.0740 e. The van der Waals surface area contributed by atoms with E-state index in [2.05, 4.69) is 96.9 Å². The Hall–Kier alpha value is -2.44. The van der Waals surface area contributed by atoms with Crippen LogP contribution in [0.25, 0.3) is 0 Å². The van der Waals surface area contributed by atoms with Crippen LogP contribution in [0.4, 0.5) is 22.7 Å². The molecule has 8 N–H and O–H groups in total. The molecule has 8 fully saturated rings. The van der Waals surface area contributed by atoms with Crippen molar-refractivity contribution in [3.05, 3.63) is 47.5 Å². The molecule has 0 spiro atoms. The molecule has 0 aliphatic heterocycles. The molecular weight excluding hydrogens is 953 g/mol. The first-order valence-corrected chi connectivity index (χ1v) is 33.3. The van der Waals surface area contributed by atoms with E-state index >= 15 is 0 Å². The molecule has 2 aromatic carbocycles. The number of fused-ring (bicyclic) bond motifs is 10. The largest absolute Gasteiger partial charge is 0.399 e. The second kappa shape index (κ2) is 23.3. The molecule has 78 heavy (non-hydrogen) atoms. The fourth-order valence-corrected chi connectivity index (χ4v) is 22.7. The predicted octanol–water partition coefficient (Wildman–Crippen LogP) is 19.0. The lowest BCUT2D eigenvalue weighted by molar-refractivity contribution is -0.193. The van der Waals surface area contributed by atoms with E-state index in [1.54, 1.807) is 0 Å². The molecule has 440 valence electrons. The summed E-state index contributed by atoms with van der Waals surface area (Å²) in [6.45, 7) is 36.9. The topological polar surface area (TPSA) is 123 Å². The Bertz CT molecular complexity index is 2160. The number of anilines is 4. The van der Waals surface area contributed by atoms with Gasteiger partial charge in [0.15, 0.2) is 0 Å². The van der Waals surface area contributed by atoms with E-state index in [1.165, 1.54) is 141 Å². The number of nitrogens with two attached hydrogens (primary N) is 4. The molecule has 8 saturated carbocycles. The lowest BCUT2D eigenvalue weighted by Gasteiger charge is -2.65. The maximum atomic E-state index is 6.69. The zero-order valence-electron chi connectivity index (χ0n) is 52.8. The quantitative estimate of drug-likeness (QED) is 0.124. The molecule has 8 aliphatic carbocycles. The van der Waals surface area contributed by atoms with Gasteiger partial charge in [-0.2, -0.15) is 0 Å². The molecule has 0 amide bonds. The Balaban J connectivity index is 0.000000190. The monoisotopic (exact) mass is 1070 g/mol. The SMILES string of the molecule is CC(C)CCC[C@@H](C)[C@H]1CC[C@H]2[C@@H]3CCC4C(C)(C)C(OCc5ccc(N)cc5N)CC[C@]4(C)[C@H]3CC[C@]12C.CC(C)CCC[C@@H](C)[C@H]1CC[C@H]2[C@@H]3CCC4C(C)(C)C(OCc5ccc(N)cc5N)CC[C@]4(C)[C@H]3CC[C@]12C. The van der Waals surface area contributed by atoms with Crippen molar-refractivity contribution >= 4 is 22.7 Å². The number of benzene rings is 2. The molecular formula is C72H120N4O2. The molecule has 2 aromatic rings. The average Bonchev–Trinajstić information content (AvgIpc) is 3.98. The third-order valence-electron chi connectivity index (χ3n) is 26.7. The first-order valence-electron chi connectivity index (χ1n) is 33.3. The van der Waals surface area contributed by atoms with E-state index in [0.717, 1.165) is 117 Å². The van der Waals surface area contributed by atoms with Gasteiger partial charge in [-0.15, -0.1) is 0 Å². The highest BCUT2D eigenvalue weighted by molar-refractivity contribution is 5.57. The summed E-state index contributed by atoms with van der Waals surface area (Å²) in [5.74, 6) is 12.4. The Kier molecular flexibility index (Phi) is 18.0. The van der Waals surface area contributed by atoms with E-state index in [0.29, 0.717) is 47.1 Å². The van der Waals surface area contributed by atoms with Crippen LogP contribution in [0.1, 0.15) is 249 Å². The summed E-state index contributed by atoms with van der Waals surface area (Å²) in [6, 6.07) is 11.7. The third-order valence-corrected chi connectivity index (χ3v) is 26.7. The van der Waals surface area contributed by atoms with Gasteiger partial charge in [-0.3, -0.25) is 0 Å². The Labute approximate surface area is 479 Å². The third kappa shape index (κ3) is 11.2. The van der Waals surface area contributed by atoms with Gasteiger partial charge >= 0.3 is 0 Å². The minimum Gasteiger partial charge on any atom is -0.399 e. The van der Waals surface area contributed by atoms with Gasteiger partial charge in [0.05, 0.1) is 25.4 Å². The van der Waals surface area contributed by atoms with Gasteiger partial charge in [0, 0.05) is 33.9 Å². The van der Waals surface area contributed by atoms with Gasteiger partial charge in [0.25, 0.3) is 0 Å². The molecule has 0 radical (unpaired) electrons. The van der Waals surface area contributed by atoms with Crippen molar-refractivity contribution in [1.82, 2.24) is 0 Å². The van der Waals surface area contributed by atoms with Crippen LogP contribution in [-0.2, 0) is 22.7 Å². The summed E-state index contributed by atoms with van der Waals surface area (Å²) in [5, 5.41) is 0. The molecule has 0 saturated heterocycles. The van der Waals surface area contributed by atoms with Crippen molar-refractivity contribution < 1.29 is 9.47 Å². The summed E-state index contributed by atoms with van der Waals surface area (Å²) in [5.41, 5.74) is 31.9. The average molecular weight is 1070 g/mol. The summed E-state index contributed by atoms with van der Waals surface area (Å²) < 4.78 is 13.4. The van der Waals surface area contributed by atoms with Crippen molar-refractivity contribution in [3.63, 3.8) is 0 Å². The van der Waals surface area contributed by atoms with Gasteiger partial charge in [0.2, 0.25) is 0 Å². The van der Waals surface area contributed by atoms with Crippen LogP contribution in [0.2, 0.25) is 0 Å². The van der Waals surface area contributed by atoms with E-state index in [1.807, 2.05) is 36.4 Å². The molecule has 18 atom stereocenters. The van der Waals surface area contributed by atoms with Crippen LogP contribution >= 0.6 is 0 Å². The second-order valence-corrected chi connectivity index (χ2v) is 32.3. The number of hydrogen-bond acceptors (Lipinski definition) is 6. The number of ether oxygens (including phenoxy) is 2. The van der Waals surface area contributed by atoms with Crippen LogP contribution in [-0.4, -0.2) is 12.2 Å². The minimum absolute atomic E-state index is 0.185. The van der Waals surface area contributed by atoms with Gasteiger partial charge < -0.3 is 32.4 Å². The number of rotatable bonds is 16. The Morgan fingerprint density at radius 2 is 0.782 bits per heavy atom. The molecule has 10 rings (SSSR count). The fraction of sp³-hybridized carbons (Fsp3) is 0.833. The van der Waals surface area contributed by atoms with Crippen LogP contribution in [0.5, 0.6) is 0 Å². The molecule has 0 bridgehead atoms. The van der Waals surface area contributed by atoms with Crippen molar-refractivity contribution in [1.29, 1.82) is 0 Å². The lowest BCUT2D eigenvalue weighted by atomic mass is 9.41. The van der Waals surface area contributed by atoms with Gasteiger partial charge in [-0.05, 0) is 242 Å². The highest BCUT2D eigenvalue weighted by Crippen LogP contribution is 2.72. The van der Waals surface area contributed by atoms with Crippen molar-refractivity contribution in [2.75, 3.05) is 22.9 Å². The smallest absolute Gasteiger partial charge is 0.0740 e. The van der Waals surface area contributed by atoms with Gasteiger partial charge in [-0.1, -0.05) is 148 Å². The van der Waals surface area contributed by atoms with Gasteiger partial charge in [-0.25, -0.2) is 0 Å². The minimum atomic E-state index is 0.185. The lowest BCUT2D eigenvalue weighted by Crippen LogP contribution is -2.59. The van der Waals surface area contributed by atoms with Crippen molar-refractivity contribution in [2.45, 2.75) is 264 Å². The van der Waals surface area contributed by atoms with Crippen LogP contribution in [0, 0.1) is 115 Å². The Morgan fingerprint density at radius 1 is 0.423 bits per heavy atom. The van der Waals surface area contributed by atoms with E-state index in [4.69, 9.17) is 32.4 Å². The van der Waals surface area contributed by atoms with E-state index < -0.39 is 0 Å². The van der Waals surface area contributed by atoms with Crippen molar-refractivity contribution in [2.24, 2.45) is 115 Å². The predicted molar refractivity (Wildman–Crippen MR) is 332 cm³/mol. The normalized spacial score (nSPS) is 40.1. The first kappa shape index (κ1) is 60.2. The zero-order chi connectivity index (χ0) is 56.3. The van der Waals surface area contributed by atoms with Crippen LogP contribution in [0.3, 0.4) is 0 Å². The standard InChI is InChI=1S/2C36H60N2O/c2*1-23(2)9-8-10-24(3)28-14-15-29-27-13-16-32-34(4,5)33(39-22-25-11-12-26(37)21-31(25)38)18-20-36(32,7)30(27)17-19-35(28,29)6/h2*11-12,21,23-24,27-30,32-33H,8-10,13-20,22,37-38H2,1-7H3/t2*24-,27+,28-,29+,30+,32?,33?,35-,36-/m11/s1. The molecule has 4 unspecified atom stereocenters. The summed E-state index contributed by atoms with van der Waals surface area (Å²) >= 11 is 0. The molecule has 0 heterocycles. The Morgan fingerprint density at radius 3 is 1.14 bits per heavy atom. The zero-order valence-corrected chi connectivity index (χ0v) is 52.8. The maximum absolute atomic E-state index is 6.69. The van der Waals surface area contributed by atoms with E-state index in [9.17, 15) is 0 Å². The summed E-state index contributed by atoms with van der Waals surface area (Å²) in [6.07, 6.45) is 31.6. The second-order valence-electron chi connectivity index (χ2n) is 32.3. The highest BCUT2D eigenvalue weighted by Gasteiger charge is 2.65. The van der Waals surface area contributed by atoms with Gasteiger partial charge in [0.1, 0.15) is 0 Å². The summed E-state index contributed by atoms with van der Waals surface area (Å²) in [7, 11) is 0. The van der Waals surface area contributed by atoms with Crippen LogP contribution in [0.15, 0.2) is 36.4 Å². The fourth-order valence-electron chi connectivity index (χ4n) is 22.7. The number of nitrogen functional groups attached to an aromatic ring is 4. The molecule has 6 nitrogen and oxygen atoms in total. The highest BCUT2D eigenvalue weighted by atomic mass is 16.5. The van der Waals surface area contributed by atoms with E-state index in [-0.39, 0.29) is 10.8 Å². The van der Waals surface area contributed by atoms with Crippen LogP contribution < -0.4 is 22.9 Å². The molecule has 8 aliphatic rings. The summed E-state index contributed by atoms with van der Waals surface area (Å²) in [4.78, 5) is 0. The van der Waals surface area contributed by atoms with Crippen molar-refractivity contribution in [3.8, 4) is 0 Å².